The summed E-state index contributed by atoms with van der Waals surface area (Å²) >= 11 is 23.0. The van der Waals surface area contributed by atoms with Crippen molar-refractivity contribution < 1.29 is 5.11 Å². The number of allylic oxidation sites excluding steroid dienone is 2. The van der Waals surface area contributed by atoms with Crippen LogP contribution >= 0.6 is 46.4 Å². The molecule has 1 aliphatic carbocycles. The number of hydrogen-bond acceptors (Lipinski definition) is 1. The van der Waals surface area contributed by atoms with Crippen molar-refractivity contribution in [1.29, 1.82) is 0 Å². The number of aliphatic hydroxyl groups is 1. The van der Waals surface area contributed by atoms with Crippen LogP contribution in [0.1, 0.15) is 6.92 Å². The lowest BCUT2D eigenvalue weighted by atomic mass is 10.0. The summed E-state index contributed by atoms with van der Waals surface area (Å²) in [6.45, 7) is 1.77. The van der Waals surface area contributed by atoms with Crippen LogP contribution in [0.25, 0.3) is 0 Å². The van der Waals surface area contributed by atoms with Crippen molar-refractivity contribution >= 4 is 46.4 Å². The molecule has 0 saturated heterocycles. The van der Waals surface area contributed by atoms with Crippen molar-refractivity contribution in [1.82, 2.24) is 0 Å². The monoisotopic (exact) mass is 246 g/mol. The van der Waals surface area contributed by atoms with E-state index in [1.54, 1.807) is 6.92 Å². The Hall–Kier alpha value is 0.600. The molecule has 1 N–H and O–H groups in total. The predicted molar refractivity (Wildman–Crippen MR) is 52.6 cm³/mol. The standard InChI is InChI=1S/C7H6Cl4O/c1-2-3(8)5(10)7(12)6(11)4(2)9/h2,7,12H,1H3. The molecule has 0 aromatic rings. The van der Waals surface area contributed by atoms with Crippen molar-refractivity contribution in [3.05, 3.63) is 20.1 Å². The molecule has 1 rings (SSSR count). The van der Waals surface area contributed by atoms with Crippen molar-refractivity contribution in [2.75, 3.05) is 0 Å². The average molecular weight is 248 g/mol. The first-order chi connectivity index (χ1) is 5.46. The summed E-state index contributed by atoms with van der Waals surface area (Å²) in [4.78, 5) is 0. The van der Waals surface area contributed by atoms with E-state index in [-0.39, 0.29) is 16.0 Å². The van der Waals surface area contributed by atoms with Gasteiger partial charge in [0.25, 0.3) is 0 Å². The highest BCUT2D eigenvalue weighted by Gasteiger charge is 2.30. The first-order valence-corrected chi connectivity index (χ1v) is 4.76. The molecule has 0 aromatic carbocycles. The zero-order chi connectivity index (χ0) is 9.46. The van der Waals surface area contributed by atoms with Crippen molar-refractivity contribution in [2.45, 2.75) is 13.0 Å². The summed E-state index contributed by atoms with van der Waals surface area (Å²) in [5.41, 5.74) is 0. The summed E-state index contributed by atoms with van der Waals surface area (Å²) in [7, 11) is 0. The topological polar surface area (TPSA) is 20.2 Å². The molecular weight excluding hydrogens is 242 g/mol. The van der Waals surface area contributed by atoms with Gasteiger partial charge in [-0.2, -0.15) is 0 Å². The predicted octanol–water partition coefficient (Wildman–Crippen LogP) is 3.38. The lowest BCUT2D eigenvalue weighted by molar-refractivity contribution is 0.257. The first kappa shape index (κ1) is 10.7. The summed E-state index contributed by atoms with van der Waals surface area (Å²) in [5, 5.41) is 10.4. The molecule has 0 saturated carbocycles. The molecule has 68 valence electrons. The van der Waals surface area contributed by atoms with Gasteiger partial charge in [-0.3, -0.25) is 0 Å². The number of aliphatic hydroxyl groups excluding tert-OH is 1. The number of hydrogen-bond donors (Lipinski definition) is 1. The molecule has 0 bridgehead atoms. The molecule has 0 heterocycles. The normalized spacial score (nSPS) is 31.5. The van der Waals surface area contributed by atoms with E-state index in [9.17, 15) is 5.11 Å². The van der Waals surface area contributed by atoms with Crippen LogP contribution in [0.2, 0.25) is 0 Å². The van der Waals surface area contributed by atoms with Crippen LogP contribution in [0.4, 0.5) is 0 Å². The van der Waals surface area contributed by atoms with Gasteiger partial charge in [0.1, 0.15) is 6.10 Å². The third-order valence-electron chi connectivity index (χ3n) is 1.70. The van der Waals surface area contributed by atoms with E-state index in [0.717, 1.165) is 0 Å². The molecule has 5 heteroatoms. The molecule has 0 aromatic heterocycles. The fraction of sp³-hybridized carbons (Fsp3) is 0.429. The molecule has 1 aliphatic rings. The number of halogens is 4. The van der Waals surface area contributed by atoms with Crippen LogP contribution in [0.5, 0.6) is 0 Å². The van der Waals surface area contributed by atoms with Gasteiger partial charge in [-0.25, -0.2) is 0 Å². The Morgan fingerprint density at radius 2 is 1.25 bits per heavy atom. The lowest BCUT2D eigenvalue weighted by Crippen LogP contribution is -2.18. The summed E-state index contributed by atoms with van der Waals surface area (Å²) < 4.78 is 0. The Bertz CT molecular complexity index is 217. The average Bonchev–Trinajstić information content (AvgIpc) is 2.08. The van der Waals surface area contributed by atoms with Gasteiger partial charge in [0.15, 0.2) is 0 Å². The molecule has 0 amide bonds. The fourth-order valence-electron chi connectivity index (χ4n) is 0.897. The summed E-state index contributed by atoms with van der Waals surface area (Å²) in [6.07, 6.45) is -1.07. The van der Waals surface area contributed by atoms with Gasteiger partial charge in [-0.05, 0) is 0 Å². The highest BCUT2D eigenvalue weighted by molar-refractivity contribution is 6.46. The first-order valence-electron chi connectivity index (χ1n) is 3.25. The minimum Gasteiger partial charge on any atom is -0.382 e. The molecule has 1 nitrogen and oxygen atoms in total. The van der Waals surface area contributed by atoms with Crippen LogP contribution < -0.4 is 0 Å². The van der Waals surface area contributed by atoms with Crippen LogP contribution in [0.15, 0.2) is 20.1 Å². The molecule has 12 heavy (non-hydrogen) atoms. The van der Waals surface area contributed by atoms with Crippen molar-refractivity contribution in [2.24, 2.45) is 5.92 Å². The lowest BCUT2D eigenvalue weighted by Gasteiger charge is -2.23. The molecule has 0 spiro atoms. The van der Waals surface area contributed by atoms with Gasteiger partial charge < -0.3 is 5.11 Å². The van der Waals surface area contributed by atoms with Gasteiger partial charge in [0.05, 0.1) is 10.1 Å². The quantitative estimate of drug-likeness (QED) is 0.696. The van der Waals surface area contributed by atoms with Gasteiger partial charge in [-0.1, -0.05) is 53.3 Å². The van der Waals surface area contributed by atoms with Gasteiger partial charge >= 0.3 is 0 Å². The Kier molecular flexibility index (Phi) is 3.35. The molecule has 0 aliphatic heterocycles. The minimum atomic E-state index is -1.07. The zero-order valence-electron chi connectivity index (χ0n) is 6.11. The van der Waals surface area contributed by atoms with Crippen molar-refractivity contribution in [3.8, 4) is 0 Å². The smallest absolute Gasteiger partial charge is 0.127 e. The molecular formula is C7H6Cl4O. The maximum absolute atomic E-state index is 9.36. The second kappa shape index (κ2) is 3.77. The highest BCUT2D eigenvalue weighted by Crippen LogP contribution is 2.41. The van der Waals surface area contributed by atoms with Gasteiger partial charge in [-0.15, -0.1) is 0 Å². The third kappa shape index (κ3) is 1.61. The van der Waals surface area contributed by atoms with E-state index >= 15 is 0 Å². The Labute approximate surface area is 90.6 Å². The van der Waals surface area contributed by atoms with Gasteiger partial charge in [0, 0.05) is 16.0 Å². The second-order valence-corrected chi connectivity index (χ2v) is 4.14. The largest absolute Gasteiger partial charge is 0.382 e. The van der Waals surface area contributed by atoms with E-state index in [1.807, 2.05) is 0 Å². The maximum Gasteiger partial charge on any atom is 0.127 e. The SMILES string of the molecule is CC1C(Cl)=C(Cl)C(O)C(Cl)=C1Cl. The number of rotatable bonds is 0. The van der Waals surface area contributed by atoms with Crippen LogP contribution in [0, 0.1) is 5.92 Å². The highest BCUT2D eigenvalue weighted by atomic mass is 35.5. The fourth-order valence-corrected chi connectivity index (χ4v) is 1.98. The molecule has 0 unspecified atom stereocenters. The summed E-state index contributed by atoms with van der Waals surface area (Å²) in [5.74, 6) is -0.225. The van der Waals surface area contributed by atoms with E-state index in [4.69, 9.17) is 46.4 Å². The Morgan fingerprint density at radius 1 is 0.917 bits per heavy atom. The summed E-state index contributed by atoms with van der Waals surface area (Å²) in [6, 6.07) is 0. The van der Waals surface area contributed by atoms with E-state index in [1.165, 1.54) is 0 Å². The van der Waals surface area contributed by atoms with Crippen LogP contribution in [0.3, 0.4) is 0 Å². The second-order valence-electron chi connectivity index (χ2n) is 2.52. The third-order valence-corrected chi connectivity index (χ3v) is 3.77. The maximum atomic E-state index is 9.36. The Balaban J connectivity index is 3.13. The van der Waals surface area contributed by atoms with Crippen LogP contribution in [-0.4, -0.2) is 11.2 Å². The van der Waals surface area contributed by atoms with Crippen LogP contribution in [-0.2, 0) is 0 Å². The Morgan fingerprint density at radius 3 is 1.58 bits per heavy atom. The molecule has 0 radical (unpaired) electrons. The van der Waals surface area contributed by atoms with Crippen molar-refractivity contribution in [3.63, 3.8) is 0 Å². The van der Waals surface area contributed by atoms with E-state index < -0.39 is 6.10 Å². The van der Waals surface area contributed by atoms with Gasteiger partial charge in [0.2, 0.25) is 0 Å². The molecule has 0 atom stereocenters. The minimum absolute atomic E-state index is 0.151. The zero-order valence-corrected chi connectivity index (χ0v) is 9.14. The molecule has 0 fully saturated rings. The van der Waals surface area contributed by atoms with E-state index in [2.05, 4.69) is 0 Å². The van der Waals surface area contributed by atoms with E-state index in [0.29, 0.717) is 10.1 Å².